The van der Waals surface area contributed by atoms with Gasteiger partial charge in [0.05, 0.1) is 0 Å². The van der Waals surface area contributed by atoms with E-state index in [1.54, 1.807) is 12.2 Å². The standard InChI is InChI=1S/C11H10ClNO3/c12-8-1-3-9(4-2-8)13-11(14)10-7-15-5-6-16-10/h1,3,5-7H,2,4H2,(H,13,14). The van der Waals surface area contributed by atoms with Crippen LogP contribution in [-0.2, 0) is 14.3 Å². The Labute approximate surface area is 97.9 Å². The van der Waals surface area contributed by atoms with Crippen LogP contribution >= 0.6 is 11.6 Å². The van der Waals surface area contributed by atoms with Gasteiger partial charge in [0.15, 0.2) is 0 Å². The van der Waals surface area contributed by atoms with E-state index in [4.69, 9.17) is 21.1 Å². The highest BCUT2D eigenvalue weighted by atomic mass is 35.5. The number of carbonyl (C=O) groups is 1. The molecule has 0 fully saturated rings. The molecule has 0 spiro atoms. The van der Waals surface area contributed by atoms with Crippen molar-refractivity contribution in [2.24, 2.45) is 0 Å². The number of hydrogen-bond donors (Lipinski definition) is 1. The first-order valence-corrected chi connectivity index (χ1v) is 5.17. The Kier molecular flexibility index (Phi) is 3.31. The van der Waals surface area contributed by atoms with Crippen LogP contribution in [0.3, 0.4) is 0 Å². The lowest BCUT2D eigenvalue weighted by Gasteiger charge is -2.14. The van der Waals surface area contributed by atoms with Crippen molar-refractivity contribution in [3.63, 3.8) is 0 Å². The molecule has 5 heteroatoms. The molecular formula is C11H10ClNO3. The van der Waals surface area contributed by atoms with Crippen molar-refractivity contribution in [1.82, 2.24) is 5.32 Å². The fraction of sp³-hybridized carbons (Fsp3) is 0.182. The maximum atomic E-state index is 11.6. The third-order valence-corrected chi connectivity index (χ3v) is 2.42. The Morgan fingerprint density at radius 2 is 2.19 bits per heavy atom. The molecule has 1 amide bonds. The van der Waals surface area contributed by atoms with Crippen LogP contribution in [0.2, 0.25) is 0 Å². The number of hydrogen-bond acceptors (Lipinski definition) is 3. The van der Waals surface area contributed by atoms with Crippen molar-refractivity contribution in [2.45, 2.75) is 12.8 Å². The third-order valence-electron chi connectivity index (χ3n) is 2.10. The average Bonchev–Trinajstić information content (AvgIpc) is 2.33. The topological polar surface area (TPSA) is 47.6 Å². The minimum absolute atomic E-state index is 0.129. The molecule has 84 valence electrons. The van der Waals surface area contributed by atoms with E-state index in [1.165, 1.54) is 18.8 Å². The van der Waals surface area contributed by atoms with Gasteiger partial charge in [0, 0.05) is 10.7 Å². The van der Waals surface area contributed by atoms with Crippen molar-refractivity contribution in [3.05, 3.63) is 47.4 Å². The molecule has 0 unspecified atom stereocenters. The predicted molar refractivity (Wildman–Crippen MR) is 58.8 cm³/mol. The molecule has 0 aromatic heterocycles. The molecule has 1 heterocycles. The van der Waals surface area contributed by atoms with Gasteiger partial charge in [-0.2, -0.15) is 0 Å². The van der Waals surface area contributed by atoms with E-state index in [-0.39, 0.29) is 11.7 Å². The number of ether oxygens (including phenoxy) is 2. The van der Waals surface area contributed by atoms with E-state index >= 15 is 0 Å². The molecule has 4 nitrogen and oxygen atoms in total. The summed E-state index contributed by atoms with van der Waals surface area (Å²) in [7, 11) is 0. The third kappa shape index (κ3) is 2.67. The summed E-state index contributed by atoms with van der Waals surface area (Å²) in [6.45, 7) is 0. The van der Waals surface area contributed by atoms with Crippen molar-refractivity contribution in [1.29, 1.82) is 0 Å². The van der Waals surface area contributed by atoms with Crippen LogP contribution in [-0.4, -0.2) is 5.91 Å². The van der Waals surface area contributed by atoms with Gasteiger partial charge in [0.25, 0.3) is 5.91 Å². The first kappa shape index (κ1) is 10.8. The maximum Gasteiger partial charge on any atom is 0.294 e. The summed E-state index contributed by atoms with van der Waals surface area (Å²) < 4.78 is 9.81. The second-order valence-corrected chi connectivity index (χ2v) is 3.75. The van der Waals surface area contributed by atoms with Gasteiger partial charge in [-0.3, -0.25) is 4.79 Å². The molecule has 1 aliphatic carbocycles. The number of halogens is 1. The van der Waals surface area contributed by atoms with Crippen molar-refractivity contribution >= 4 is 17.5 Å². The van der Waals surface area contributed by atoms with E-state index in [0.717, 1.165) is 17.2 Å². The van der Waals surface area contributed by atoms with Gasteiger partial charge in [-0.05, 0) is 25.0 Å². The molecule has 0 aromatic rings. The number of nitrogens with one attached hydrogen (secondary N) is 1. The first-order valence-electron chi connectivity index (χ1n) is 4.79. The Bertz CT molecular complexity index is 421. The van der Waals surface area contributed by atoms with Crippen LogP contribution in [0.5, 0.6) is 0 Å². The van der Waals surface area contributed by atoms with E-state index in [2.05, 4.69) is 5.32 Å². The second-order valence-electron chi connectivity index (χ2n) is 3.27. The Morgan fingerprint density at radius 1 is 1.31 bits per heavy atom. The van der Waals surface area contributed by atoms with Crippen LogP contribution in [0, 0.1) is 0 Å². The summed E-state index contributed by atoms with van der Waals surface area (Å²) in [6.07, 6.45) is 8.91. The van der Waals surface area contributed by atoms with Crippen LogP contribution < -0.4 is 5.32 Å². The lowest BCUT2D eigenvalue weighted by Crippen LogP contribution is -2.26. The lowest BCUT2D eigenvalue weighted by atomic mass is 10.1. The van der Waals surface area contributed by atoms with Crippen molar-refractivity contribution in [2.75, 3.05) is 0 Å². The molecule has 16 heavy (non-hydrogen) atoms. The Morgan fingerprint density at radius 3 is 2.81 bits per heavy atom. The molecule has 0 atom stereocenters. The van der Waals surface area contributed by atoms with E-state index in [0.29, 0.717) is 6.42 Å². The van der Waals surface area contributed by atoms with Crippen molar-refractivity contribution in [3.8, 4) is 0 Å². The zero-order valence-electron chi connectivity index (χ0n) is 8.40. The maximum absolute atomic E-state index is 11.6. The van der Waals surface area contributed by atoms with Gasteiger partial charge >= 0.3 is 0 Å². The van der Waals surface area contributed by atoms with E-state index < -0.39 is 0 Å². The van der Waals surface area contributed by atoms with E-state index in [1.807, 2.05) is 0 Å². The summed E-state index contributed by atoms with van der Waals surface area (Å²) in [5.74, 6) is -0.203. The van der Waals surface area contributed by atoms with Gasteiger partial charge in [-0.15, -0.1) is 0 Å². The van der Waals surface area contributed by atoms with Crippen LogP contribution in [0.4, 0.5) is 0 Å². The van der Waals surface area contributed by atoms with Crippen molar-refractivity contribution < 1.29 is 14.3 Å². The van der Waals surface area contributed by atoms with Gasteiger partial charge in [0.2, 0.25) is 5.76 Å². The lowest BCUT2D eigenvalue weighted by molar-refractivity contribution is -0.119. The van der Waals surface area contributed by atoms with Gasteiger partial charge in [-0.1, -0.05) is 11.6 Å². The number of rotatable bonds is 2. The first-order chi connectivity index (χ1) is 7.75. The minimum atomic E-state index is -0.331. The van der Waals surface area contributed by atoms with Gasteiger partial charge < -0.3 is 14.8 Å². The normalized spacial score (nSPS) is 18.7. The molecular weight excluding hydrogens is 230 g/mol. The Balaban J connectivity index is 1.95. The SMILES string of the molecule is O=C(NC1=CC=C(Cl)CC1)C1=COC=CO1. The summed E-state index contributed by atoms with van der Waals surface area (Å²) in [5.41, 5.74) is 0.813. The summed E-state index contributed by atoms with van der Waals surface area (Å²) >= 11 is 5.81. The molecule has 0 bridgehead atoms. The average molecular weight is 240 g/mol. The molecule has 1 aliphatic heterocycles. The highest BCUT2D eigenvalue weighted by Crippen LogP contribution is 2.19. The molecule has 0 saturated carbocycles. The van der Waals surface area contributed by atoms with Crippen LogP contribution in [0.1, 0.15) is 12.8 Å². The zero-order chi connectivity index (χ0) is 11.4. The van der Waals surface area contributed by atoms with Gasteiger partial charge in [-0.25, -0.2) is 0 Å². The zero-order valence-corrected chi connectivity index (χ0v) is 9.16. The monoisotopic (exact) mass is 239 g/mol. The number of carbonyl (C=O) groups excluding carboxylic acids is 1. The predicted octanol–water partition coefficient (Wildman–Crippen LogP) is 2.26. The minimum Gasteiger partial charge on any atom is -0.465 e. The highest BCUT2D eigenvalue weighted by molar-refractivity contribution is 6.29. The van der Waals surface area contributed by atoms with Gasteiger partial charge in [0.1, 0.15) is 18.8 Å². The smallest absolute Gasteiger partial charge is 0.294 e. The molecule has 2 aliphatic rings. The summed E-state index contributed by atoms with van der Waals surface area (Å²) in [6, 6.07) is 0. The largest absolute Gasteiger partial charge is 0.465 e. The highest BCUT2D eigenvalue weighted by Gasteiger charge is 2.15. The molecule has 2 rings (SSSR count). The van der Waals surface area contributed by atoms with E-state index in [9.17, 15) is 4.79 Å². The Hall–Kier alpha value is -1.68. The van der Waals surface area contributed by atoms with Crippen LogP contribution in [0.25, 0.3) is 0 Å². The second kappa shape index (κ2) is 4.90. The summed E-state index contributed by atoms with van der Waals surface area (Å²) in [5, 5.41) is 3.51. The summed E-state index contributed by atoms with van der Waals surface area (Å²) in [4.78, 5) is 11.6. The quantitative estimate of drug-likeness (QED) is 0.804. The fourth-order valence-electron chi connectivity index (χ4n) is 1.29. The molecule has 0 radical (unpaired) electrons. The molecule has 0 aromatic carbocycles. The molecule has 1 N–H and O–H groups in total. The van der Waals surface area contributed by atoms with Crippen LogP contribution in [0.15, 0.2) is 47.4 Å². The number of amides is 1. The molecule has 0 saturated heterocycles. The fourth-order valence-corrected chi connectivity index (χ4v) is 1.45. The number of allylic oxidation sites excluding steroid dienone is 4.